The molecule has 1 aliphatic heterocycles. The SMILES string of the molecule is CC(C)CNCc1nnc(NC2CC(=O)N(C)C2=O)o1. The molecular formula is C12H19N5O3. The Morgan fingerprint density at radius 3 is 2.75 bits per heavy atom. The number of hydrogen-bond donors (Lipinski definition) is 2. The number of likely N-dealkylation sites (N-methyl/N-ethyl adjacent to an activating group) is 1. The van der Waals surface area contributed by atoms with Crippen LogP contribution in [0.5, 0.6) is 0 Å². The number of nitrogens with one attached hydrogen (secondary N) is 2. The molecule has 0 saturated carbocycles. The van der Waals surface area contributed by atoms with Crippen molar-refractivity contribution >= 4 is 17.8 Å². The first-order chi connectivity index (χ1) is 9.47. The van der Waals surface area contributed by atoms with Crippen molar-refractivity contribution in [3.8, 4) is 0 Å². The van der Waals surface area contributed by atoms with E-state index in [1.807, 2.05) is 0 Å². The van der Waals surface area contributed by atoms with Gasteiger partial charge >= 0.3 is 6.01 Å². The molecule has 1 aromatic rings. The van der Waals surface area contributed by atoms with Gasteiger partial charge in [0.2, 0.25) is 11.8 Å². The van der Waals surface area contributed by atoms with Gasteiger partial charge in [-0.1, -0.05) is 18.9 Å². The number of likely N-dealkylation sites (tertiary alicyclic amines) is 1. The van der Waals surface area contributed by atoms with Gasteiger partial charge in [-0.05, 0) is 12.5 Å². The van der Waals surface area contributed by atoms with Crippen molar-refractivity contribution in [1.29, 1.82) is 0 Å². The van der Waals surface area contributed by atoms with Crippen LogP contribution in [0, 0.1) is 5.92 Å². The predicted molar refractivity (Wildman–Crippen MR) is 70.6 cm³/mol. The standard InChI is InChI=1S/C12H19N5O3/c1-7(2)5-13-6-9-15-16-12(20-9)14-8-4-10(18)17(3)11(8)19/h7-8,13H,4-6H2,1-3H3,(H,14,16). The topological polar surface area (TPSA) is 100 Å². The van der Waals surface area contributed by atoms with Gasteiger partial charge < -0.3 is 15.1 Å². The number of aromatic nitrogens is 2. The molecular weight excluding hydrogens is 262 g/mol. The van der Waals surface area contributed by atoms with Crippen molar-refractivity contribution in [2.75, 3.05) is 18.9 Å². The number of carbonyl (C=O) groups excluding carboxylic acids is 2. The highest BCUT2D eigenvalue weighted by atomic mass is 16.4. The molecule has 1 aromatic heterocycles. The molecule has 0 bridgehead atoms. The quantitative estimate of drug-likeness (QED) is 0.707. The molecule has 2 amide bonds. The fourth-order valence-electron chi connectivity index (χ4n) is 1.87. The van der Waals surface area contributed by atoms with Gasteiger partial charge in [-0.25, -0.2) is 0 Å². The maximum Gasteiger partial charge on any atom is 0.316 e. The van der Waals surface area contributed by atoms with Gasteiger partial charge in [0.1, 0.15) is 6.04 Å². The Labute approximate surface area is 116 Å². The third kappa shape index (κ3) is 3.32. The van der Waals surface area contributed by atoms with Gasteiger partial charge in [-0.15, -0.1) is 5.10 Å². The lowest BCUT2D eigenvalue weighted by Gasteiger charge is -2.08. The smallest absolute Gasteiger partial charge is 0.316 e. The number of carbonyl (C=O) groups is 2. The summed E-state index contributed by atoms with van der Waals surface area (Å²) in [5.41, 5.74) is 0. The van der Waals surface area contributed by atoms with Crippen LogP contribution in [-0.2, 0) is 16.1 Å². The number of nitrogens with zero attached hydrogens (tertiary/aromatic N) is 3. The average molecular weight is 281 g/mol. The molecule has 2 rings (SSSR count). The molecule has 20 heavy (non-hydrogen) atoms. The van der Waals surface area contributed by atoms with E-state index < -0.39 is 6.04 Å². The van der Waals surface area contributed by atoms with E-state index >= 15 is 0 Å². The maximum absolute atomic E-state index is 11.7. The Morgan fingerprint density at radius 2 is 2.15 bits per heavy atom. The summed E-state index contributed by atoms with van der Waals surface area (Å²) in [7, 11) is 1.46. The maximum atomic E-state index is 11.7. The fourth-order valence-corrected chi connectivity index (χ4v) is 1.87. The van der Waals surface area contributed by atoms with Crippen LogP contribution in [0.2, 0.25) is 0 Å². The number of amides is 2. The highest BCUT2D eigenvalue weighted by Gasteiger charge is 2.36. The van der Waals surface area contributed by atoms with Crippen LogP contribution in [0.3, 0.4) is 0 Å². The molecule has 2 N–H and O–H groups in total. The minimum absolute atomic E-state index is 0.110. The van der Waals surface area contributed by atoms with Crippen LogP contribution in [0.1, 0.15) is 26.2 Å². The van der Waals surface area contributed by atoms with Crippen LogP contribution >= 0.6 is 0 Å². The molecule has 8 heteroatoms. The largest absolute Gasteiger partial charge is 0.407 e. The summed E-state index contributed by atoms with van der Waals surface area (Å²) in [5.74, 6) is 0.477. The van der Waals surface area contributed by atoms with Crippen molar-refractivity contribution in [2.45, 2.75) is 32.9 Å². The zero-order chi connectivity index (χ0) is 14.7. The van der Waals surface area contributed by atoms with E-state index in [4.69, 9.17) is 4.42 Å². The summed E-state index contributed by atoms with van der Waals surface area (Å²) in [4.78, 5) is 24.2. The highest BCUT2D eigenvalue weighted by molar-refractivity contribution is 6.06. The summed E-state index contributed by atoms with van der Waals surface area (Å²) in [6, 6.07) is -0.461. The third-order valence-corrected chi connectivity index (χ3v) is 2.97. The first-order valence-corrected chi connectivity index (χ1v) is 6.57. The van der Waals surface area contributed by atoms with Crippen molar-refractivity contribution in [1.82, 2.24) is 20.4 Å². The molecule has 1 saturated heterocycles. The Kier molecular flexibility index (Phi) is 4.33. The molecule has 0 radical (unpaired) electrons. The molecule has 1 unspecified atom stereocenters. The first kappa shape index (κ1) is 14.4. The van der Waals surface area contributed by atoms with E-state index in [-0.39, 0.29) is 24.2 Å². The fraction of sp³-hybridized carbons (Fsp3) is 0.667. The summed E-state index contributed by atoms with van der Waals surface area (Å²) in [5, 5.41) is 13.6. The number of rotatable bonds is 6. The predicted octanol–water partition coefficient (Wildman–Crippen LogP) is -0.0156. The molecule has 2 heterocycles. The summed E-state index contributed by atoms with van der Waals surface area (Å²) < 4.78 is 5.37. The molecule has 0 spiro atoms. The lowest BCUT2D eigenvalue weighted by atomic mass is 10.2. The van der Waals surface area contributed by atoms with E-state index in [9.17, 15) is 9.59 Å². The molecule has 8 nitrogen and oxygen atoms in total. The first-order valence-electron chi connectivity index (χ1n) is 6.57. The number of imide groups is 1. The zero-order valence-electron chi connectivity index (χ0n) is 11.8. The number of hydrogen-bond acceptors (Lipinski definition) is 7. The monoisotopic (exact) mass is 281 g/mol. The van der Waals surface area contributed by atoms with E-state index in [1.54, 1.807) is 0 Å². The minimum atomic E-state index is -0.621. The van der Waals surface area contributed by atoms with Crippen molar-refractivity contribution in [2.24, 2.45) is 5.92 Å². The molecule has 110 valence electrons. The second-order valence-corrected chi connectivity index (χ2v) is 5.22. The van der Waals surface area contributed by atoms with E-state index in [0.717, 1.165) is 11.4 Å². The van der Waals surface area contributed by atoms with Crippen molar-refractivity contribution in [3.05, 3.63) is 5.89 Å². The Hall–Kier alpha value is -1.96. The van der Waals surface area contributed by atoms with Crippen LogP contribution < -0.4 is 10.6 Å². The summed E-state index contributed by atoms with van der Waals surface area (Å²) >= 11 is 0. The zero-order valence-corrected chi connectivity index (χ0v) is 11.8. The Morgan fingerprint density at radius 1 is 1.40 bits per heavy atom. The van der Waals surface area contributed by atoms with Crippen molar-refractivity contribution in [3.63, 3.8) is 0 Å². The Bertz CT molecular complexity index is 499. The molecule has 0 aromatic carbocycles. The van der Waals surface area contributed by atoms with Gasteiger partial charge in [-0.3, -0.25) is 14.5 Å². The second-order valence-electron chi connectivity index (χ2n) is 5.22. The van der Waals surface area contributed by atoms with Crippen LogP contribution in [0.4, 0.5) is 6.01 Å². The molecule has 1 aliphatic rings. The Balaban J connectivity index is 1.87. The molecule has 1 fully saturated rings. The summed E-state index contributed by atoms with van der Waals surface area (Å²) in [6.45, 7) is 5.54. The van der Waals surface area contributed by atoms with Gasteiger partial charge in [0.05, 0.1) is 13.0 Å². The van der Waals surface area contributed by atoms with E-state index in [1.165, 1.54) is 7.05 Å². The molecule has 1 atom stereocenters. The third-order valence-electron chi connectivity index (χ3n) is 2.97. The lowest BCUT2D eigenvalue weighted by molar-refractivity contribution is -0.136. The van der Waals surface area contributed by atoms with Gasteiger partial charge in [-0.2, -0.15) is 0 Å². The van der Waals surface area contributed by atoms with Gasteiger partial charge in [0.25, 0.3) is 5.91 Å². The van der Waals surface area contributed by atoms with Crippen LogP contribution in [0.25, 0.3) is 0 Å². The van der Waals surface area contributed by atoms with Crippen molar-refractivity contribution < 1.29 is 14.0 Å². The van der Waals surface area contributed by atoms with Gasteiger partial charge in [0, 0.05) is 7.05 Å². The van der Waals surface area contributed by atoms with Crippen LogP contribution in [-0.4, -0.2) is 46.5 Å². The van der Waals surface area contributed by atoms with E-state index in [2.05, 4.69) is 34.7 Å². The number of anilines is 1. The average Bonchev–Trinajstić information content (AvgIpc) is 2.91. The summed E-state index contributed by atoms with van der Waals surface area (Å²) in [6.07, 6.45) is 0.110. The molecule has 0 aliphatic carbocycles. The van der Waals surface area contributed by atoms with Crippen LogP contribution in [0.15, 0.2) is 4.42 Å². The minimum Gasteiger partial charge on any atom is -0.407 e. The lowest BCUT2D eigenvalue weighted by Crippen LogP contribution is -2.31. The van der Waals surface area contributed by atoms with E-state index in [0.29, 0.717) is 18.4 Å². The second kappa shape index (κ2) is 6.00. The highest BCUT2D eigenvalue weighted by Crippen LogP contribution is 2.16. The van der Waals surface area contributed by atoms with Gasteiger partial charge in [0.15, 0.2) is 0 Å². The normalized spacial score (nSPS) is 19.2.